The van der Waals surface area contributed by atoms with Crippen LogP contribution >= 0.6 is 11.6 Å². The molecule has 1 aromatic heterocycles. The number of benzene rings is 3. The molecule has 27 heavy (non-hydrogen) atoms. The molecular formula is C22H17ClN4. The average Bonchev–Trinajstić information content (AvgIpc) is 2.72. The summed E-state index contributed by atoms with van der Waals surface area (Å²) in [4.78, 5) is 9.37. The molecule has 0 aliphatic rings. The van der Waals surface area contributed by atoms with Crippen LogP contribution in [0.4, 0.5) is 5.82 Å². The Labute approximate surface area is 162 Å². The minimum atomic E-state index is 0.625. The SMILES string of the molecule is CC(=NNc1nc(-c2ccc(Cl)cc2)nc2ccccc12)c1ccccc1. The normalized spacial score (nSPS) is 11.6. The number of para-hydroxylation sites is 1. The number of rotatable bonds is 4. The Morgan fingerprint density at radius 3 is 2.33 bits per heavy atom. The van der Waals surface area contributed by atoms with E-state index < -0.39 is 0 Å². The van der Waals surface area contributed by atoms with Crippen molar-refractivity contribution in [2.24, 2.45) is 5.10 Å². The van der Waals surface area contributed by atoms with Crippen LogP contribution in [0.3, 0.4) is 0 Å². The van der Waals surface area contributed by atoms with Gasteiger partial charge in [0.25, 0.3) is 0 Å². The lowest BCUT2D eigenvalue weighted by molar-refractivity contribution is 1.18. The third kappa shape index (κ3) is 3.81. The molecule has 132 valence electrons. The third-order valence-electron chi connectivity index (χ3n) is 4.23. The van der Waals surface area contributed by atoms with E-state index in [4.69, 9.17) is 16.6 Å². The van der Waals surface area contributed by atoms with Crippen LogP contribution in [-0.2, 0) is 0 Å². The van der Waals surface area contributed by atoms with Crippen LogP contribution in [0.5, 0.6) is 0 Å². The fourth-order valence-corrected chi connectivity index (χ4v) is 2.90. The predicted molar refractivity (Wildman–Crippen MR) is 112 cm³/mol. The Bertz CT molecular complexity index is 1110. The van der Waals surface area contributed by atoms with E-state index in [0.717, 1.165) is 27.7 Å². The molecule has 0 radical (unpaired) electrons. The second kappa shape index (κ2) is 7.56. The summed E-state index contributed by atoms with van der Waals surface area (Å²) < 4.78 is 0. The summed E-state index contributed by atoms with van der Waals surface area (Å²) in [5, 5.41) is 6.12. The monoisotopic (exact) mass is 372 g/mol. The Kier molecular flexibility index (Phi) is 4.81. The van der Waals surface area contributed by atoms with Crippen LogP contribution in [0.15, 0.2) is 84.0 Å². The molecule has 4 nitrogen and oxygen atoms in total. The first-order chi connectivity index (χ1) is 13.2. The van der Waals surface area contributed by atoms with E-state index in [1.54, 1.807) is 0 Å². The molecule has 3 aromatic carbocycles. The maximum absolute atomic E-state index is 6.00. The Morgan fingerprint density at radius 2 is 1.56 bits per heavy atom. The van der Waals surface area contributed by atoms with Gasteiger partial charge in [0.2, 0.25) is 0 Å². The van der Waals surface area contributed by atoms with Crippen molar-refractivity contribution in [3.05, 3.63) is 89.4 Å². The van der Waals surface area contributed by atoms with Crippen molar-refractivity contribution in [2.75, 3.05) is 5.43 Å². The molecule has 0 unspecified atom stereocenters. The number of hydrazone groups is 1. The standard InChI is InChI=1S/C22H17ClN4/c1-15(16-7-3-2-4-8-16)26-27-22-19-9-5-6-10-20(19)24-21(25-22)17-11-13-18(23)14-12-17/h2-14H,1H3,(H,24,25,27). The highest BCUT2D eigenvalue weighted by molar-refractivity contribution is 6.30. The van der Waals surface area contributed by atoms with Crippen molar-refractivity contribution < 1.29 is 0 Å². The van der Waals surface area contributed by atoms with Gasteiger partial charge in [0.05, 0.1) is 11.2 Å². The molecule has 0 saturated carbocycles. The summed E-state index contributed by atoms with van der Waals surface area (Å²) in [5.74, 6) is 1.29. The van der Waals surface area contributed by atoms with Crippen molar-refractivity contribution in [1.82, 2.24) is 9.97 Å². The van der Waals surface area contributed by atoms with Gasteiger partial charge < -0.3 is 0 Å². The molecule has 0 saturated heterocycles. The molecule has 5 heteroatoms. The number of hydrogen-bond acceptors (Lipinski definition) is 4. The first-order valence-electron chi connectivity index (χ1n) is 8.59. The van der Waals surface area contributed by atoms with Gasteiger partial charge in [0.15, 0.2) is 11.6 Å². The van der Waals surface area contributed by atoms with Gasteiger partial charge in [-0.15, -0.1) is 0 Å². The maximum atomic E-state index is 6.00. The highest BCUT2D eigenvalue weighted by Gasteiger charge is 2.09. The highest BCUT2D eigenvalue weighted by atomic mass is 35.5. The van der Waals surface area contributed by atoms with E-state index >= 15 is 0 Å². The molecule has 4 aromatic rings. The number of nitrogens with zero attached hydrogens (tertiary/aromatic N) is 3. The van der Waals surface area contributed by atoms with Crippen LogP contribution in [-0.4, -0.2) is 15.7 Å². The molecule has 0 fully saturated rings. The quantitative estimate of drug-likeness (QED) is 0.364. The first-order valence-corrected chi connectivity index (χ1v) is 8.97. The van der Waals surface area contributed by atoms with Gasteiger partial charge in [-0.2, -0.15) is 5.10 Å². The van der Waals surface area contributed by atoms with E-state index in [-0.39, 0.29) is 0 Å². The fraction of sp³-hybridized carbons (Fsp3) is 0.0455. The summed E-state index contributed by atoms with van der Waals surface area (Å²) >= 11 is 6.00. The predicted octanol–water partition coefficient (Wildman–Crippen LogP) is 5.79. The Morgan fingerprint density at radius 1 is 0.852 bits per heavy atom. The number of anilines is 1. The molecular weight excluding hydrogens is 356 g/mol. The Hall–Kier alpha value is -3.24. The topological polar surface area (TPSA) is 50.2 Å². The minimum absolute atomic E-state index is 0.625. The lowest BCUT2D eigenvalue weighted by atomic mass is 10.1. The molecule has 0 aliphatic heterocycles. The van der Waals surface area contributed by atoms with E-state index in [2.05, 4.69) is 15.5 Å². The van der Waals surface area contributed by atoms with Crippen molar-refractivity contribution in [2.45, 2.75) is 6.92 Å². The lowest BCUT2D eigenvalue weighted by Crippen LogP contribution is -2.03. The number of fused-ring (bicyclic) bond motifs is 1. The van der Waals surface area contributed by atoms with Crippen LogP contribution in [0.25, 0.3) is 22.3 Å². The summed E-state index contributed by atoms with van der Waals surface area (Å²) in [5.41, 5.74) is 6.81. The van der Waals surface area contributed by atoms with E-state index in [0.29, 0.717) is 16.7 Å². The van der Waals surface area contributed by atoms with Crippen LogP contribution in [0.2, 0.25) is 5.02 Å². The van der Waals surface area contributed by atoms with Crippen molar-refractivity contribution in [3.8, 4) is 11.4 Å². The van der Waals surface area contributed by atoms with Crippen molar-refractivity contribution in [1.29, 1.82) is 0 Å². The van der Waals surface area contributed by atoms with E-state index in [1.165, 1.54) is 0 Å². The summed E-state index contributed by atoms with van der Waals surface area (Å²) in [6, 6.07) is 25.4. The smallest absolute Gasteiger partial charge is 0.162 e. The Balaban J connectivity index is 1.76. The zero-order valence-corrected chi connectivity index (χ0v) is 15.5. The number of halogens is 1. The molecule has 1 N–H and O–H groups in total. The second-order valence-electron chi connectivity index (χ2n) is 6.09. The average molecular weight is 373 g/mol. The van der Waals surface area contributed by atoms with Gasteiger partial charge in [-0.25, -0.2) is 9.97 Å². The van der Waals surface area contributed by atoms with Crippen LogP contribution < -0.4 is 5.43 Å². The number of hydrogen-bond donors (Lipinski definition) is 1. The van der Waals surface area contributed by atoms with Crippen molar-refractivity contribution >= 4 is 34.0 Å². The van der Waals surface area contributed by atoms with Crippen molar-refractivity contribution in [3.63, 3.8) is 0 Å². The maximum Gasteiger partial charge on any atom is 0.162 e. The highest BCUT2D eigenvalue weighted by Crippen LogP contribution is 2.25. The fourth-order valence-electron chi connectivity index (χ4n) is 2.77. The first kappa shape index (κ1) is 17.2. The van der Waals surface area contributed by atoms with Gasteiger partial charge in [-0.3, -0.25) is 5.43 Å². The van der Waals surface area contributed by atoms with Crippen LogP contribution in [0, 0.1) is 0 Å². The molecule has 0 bridgehead atoms. The summed E-state index contributed by atoms with van der Waals surface area (Å²) in [6.45, 7) is 1.96. The van der Waals surface area contributed by atoms with Crippen LogP contribution in [0.1, 0.15) is 12.5 Å². The van der Waals surface area contributed by atoms with Gasteiger partial charge in [-0.05, 0) is 48.9 Å². The zero-order valence-electron chi connectivity index (χ0n) is 14.7. The largest absolute Gasteiger partial charge is 0.260 e. The van der Waals surface area contributed by atoms with Gasteiger partial charge in [0, 0.05) is 16.0 Å². The van der Waals surface area contributed by atoms with Gasteiger partial charge in [-0.1, -0.05) is 54.1 Å². The number of aromatic nitrogens is 2. The molecule has 1 heterocycles. The van der Waals surface area contributed by atoms with Gasteiger partial charge in [0.1, 0.15) is 0 Å². The van der Waals surface area contributed by atoms with E-state index in [1.807, 2.05) is 85.8 Å². The molecule has 4 rings (SSSR count). The molecule has 0 spiro atoms. The summed E-state index contributed by atoms with van der Waals surface area (Å²) in [7, 11) is 0. The molecule has 0 amide bonds. The molecule has 0 atom stereocenters. The summed E-state index contributed by atoms with van der Waals surface area (Å²) in [6.07, 6.45) is 0. The second-order valence-corrected chi connectivity index (χ2v) is 6.53. The van der Waals surface area contributed by atoms with E-state index in [9.17, 15) is 0 Å². The number of nitrogens with one attached hydrogen (secondary N) is 1. The lowest BCUT2D eigenvalue weighted by Gasteiger charge is -2.09. The zero-order chi connectivity index (χ0) is 18.6. The third-order valence-corrected chi connectivity index (χ3v) is 4.48. The minimum Gasteiger partial charge on any atom is -0.260 e. The molecule has 0 aliphatic carbocycles. The van der Waals surface area contributed by atoms with Gasteiger partial charge >= 0.3 is 0 Å².